The zero-order valence-electron chi connectivity index (χ0n) is 10.5. The van der Waals surface area contributed by atoms with Gasteiger partial charge in [0.05, 0.1) is 6.26 Å². The van der Waals surface area contributed by atoms with Crippen molar-refractivity contribution >= 4 is 5.91 Å². The Kier molecular flexibility index (Phi) is 3.52. The first-order chi connectivity index (χ1) is 8.15. The van der Waals surface area contributed by atoms with Crippen molar-refractivity contribution in [3.05, 3.63) is 23.7 Å². The van der Waals surface area contributed by atoms with Crippen LogP contribution in [0.25, 0.3) is 0 Å². The Balaban J connectivity index is 2.12. The largest absolute Gasteiger partial charge is 0.459 e. The maximum absolute atomic E-state index is 12.3. The van der Waals surface area contributed by atoms with Crippen molar-refractivity contribution in [1.29, 1.82) is 0 Å². The molecule has 17 heavy (non-hydrogen) atoms. The van der Waals surface area contributed by atoms with Crippen LogP contribution in [0.5, 0.6) is 0 Å². The summed E-state index contributed by atoms with van der Waals surface area (Å²) in [5, 5.41) is 0. The normalized spacial score (nSPS) is 23.9. The first kappa shape index (κ1) is 12.2. The number of rotatable bonds is 3. The Morgan fingerprint density at radius 3 is 2.94 bits per heavy atom. The first-order valence-corrected chi connectivity index (χ1v) is 6.16. The third kappa shape index (κ3) is 2.22. The molecule has 4 nitrogen and oxygen atoms in total. The Morgan fingerprint density at radius 1 is 1.59 bits per heavy atom. The predicted octanol–water partition coefficient (Wildman–Crippen LogP) is 1.79. The standard InChI is InChI=1S/C13H20N2O2/c1-9-6-7-17-12(9)13(16)15(2)11-5-3-4-10(11)8-14/h6-7,10-11H,3-5,8,14H2,1-2H3. The summed E-state index contributed by atoms with van der Waals surface area (Å²) < 4.78 is 5.25. The van der Waals surface area contributed by atoms with E-state index in [4.69, 9.17) is 10.2 Å². The smallest absolute Gasteiger partial charge is 0.289 e. The van der Waals surface area contributed by atoms with E-state index >= 15 is 0 Å². The van der Waals surface area contributed by atoms with Gasteiger partial charge in [-0.05, 0) is 38.3 Å². The third-order valence-electron chi connectivity index (χ3n) is 3.80. The van der Waals surface area contributed by atoms with Crippen molar-refractivity contribution in [1.82, 2.24) is 4.90 Å². The van der Waals surface area contributed by atoms with Gasteiger partial charge in [-0.1, -0.05) is 6.42 Å². The van der Waals surface area contributed by atoms with Crippen molar-refractivity contribution in [3.63, 3.8) is 0 Å². The van der Waals surface area contributed by atoms with Gasteiger partial charge >= 0.3 is 0 Å². The van der Waals surface area contributed by atoms with Crippen molar-refractivity contribution in [3.8, 4) is 0 Å². The lowest BCUT2D eigenvalue weighted by molar-refractivity contribution is 0.0666. The van der Waals surface area contributed by atoms with E-state index in [9.17, 15) is 4.79 Å². The van der Waals surface area contributed by atoms with Crippen LogP contribution >= 0.6 is 0 Å². The molecule has 2 unspecified atom stereocenters. The fourth-order valence-corrected chi connectivity index (χ4v) is 2.70. The summed E-state index contributed by atoms with van der Waals surface area (Å²) in [6, 6.07) is 2.08. The molecule has 1 amide bonds. The van der Waals surface area contributed by atoms with E-state index in [0.29, 0.717) is 18.2 Å². The molecule has 0 aliphatic heterocycles. The lowest BCUT2D eigenvalue weighted by Crippen LogP contribution is -2.41. The van der Waals surface area contributed by atoms with E-state index in [1.54, 1.807) is 11.2 Å². The van der Waals surface area contributed by atoms with Crippen LogP contribution in [0, 0.1) is 12.8 Å². The highest BCUT2D eigenvalue weighted by Crippen LogP contribution is 2.29. The minimum atomic E-state index is -0.0298. The number of nitrogens with two attached hydrogens (primary N) is 1. The first-order valence-electron chi connectivity index (χ1n) is 6.16. The second-order valence-electron chi connectivity index (χ2n) is 4.84. The quantitative estimate of drug-likeness (QED) is 0.870. The van der Waals surface area contributed by atoms with Gasteiger partial charge in [0.15, 0.2) is 5.76 Å². The molecule has 0 radical (unpaired) electrons. The molecule has 1 aromatic heterocycles. The summed E-state index contributed by atoms with van der Waals surface area (Å²) in [7, 11) is 1.85. The number of aryl methyl sites for hydroxylation is 1. The number of nitrogens with zero attached hydrogens (tertiary/aromatic N) is 1. The van der Waals surface area contributed by atoms with Crippen LogP contribution in [0.3, 0.4) is 0 Å². The van der Waals surface area contributed by atoms with Gasteiger partial charge in [-0.2, -0.15) is 0 Å². The van der Waals surface area contributed by atoms with Crippen LogP contribution in [-0.2, 0) is 0 Å². The molecule has 1 aromatic rings. The molecule has 0 saturated heterocycles. The monoisotopic (exact) mass is 236 g/mol. The number of amides is 1. The Hall–Kier alpha value is -1.29. The lowest BCUT2D eigenvalue weighted by atomic mass is 10.0. The van der Waals surface area contributed by atoms with E-state index in [1.807, 2.05) is 20.0 Å². The molecule has 0 bridgehead atoms. The molecule has 0 aromatic carbocycles. The summed E-state index contributed by atoms with van der Waals surface area (Å²) in [5.74, 6) is 0.854. The second-order valence-corrected chi connectivity index (χ2v) is 4.84. The molecule has 2 N–H and O–H groups in total. The summed E-state index contributed by atoms with van der Waals surface area (Å²) in [5.41, 5.74) is 6.64. The van der Waals surface area contributed by atoms with Gasteiger partial charge in [-0.15, -0.1) is 0 Å². The summed E-state index contributed by atoms with van der Waals surface area (Å²) in [6.07, 6.45) is 4.88. The predicted molar refractivity (Wildman–Crippen MR) is 65.7 cm³/mol. The number of hydrogen-bond donors (Lipinski definition) is 1. The molecule has 1 heterocycles. The average molecular weight is 236 g/mol. The lowest BCUT2D eigenvalue weighted by Gasteiger charge is -2.28. The third-order valence-corrected chi connectivity index (χ3v) is 3.80. The van der Waals surface area contributed by atoms with E-state index in [-0.39, 0.29) is 11.9 Å². The number of carbonyl (C=O) groups excluding carboxylic acids is 1. The highest BCUT2D eigenvalue weighted by molar-refractivity contribution is 5.92. The van der Waals surface area contributed by atoms with Gasteiger partial charge < -0.3 is 15.1 Å². The van der Waals surface area contributed by atoms with Crippen LogP contribution in [0.1, 0.15) is 35.4 Å². The molecular weight excluding hydrogens is 216 g/mol. The molecule has 1 fully saturated rings. The zero-order valence-corrected chi connectivity index (χ0v) is 10.5. The Morgan fingerprint density at radius 2 is 2.35 bits per heavy atom. The van der Waals surface area contributed by atoms with Gasteiger partial charge in [0, 0.05) is 18.7 Å². The summed E-state index contributed by atoms with van der Waals surface area (Å²) >= 11 is 0. The second kappa shape index (κ2) is 4.92. The Labute approximate surface area is 102 Å². The summed E-state index contributed by atoms with van der Waals surface area (Å²) in [4.78, 5) is 14.1. The van der Waals surface area contributed by atoms with Crippen LogP contribution in [0.4, 0.5) is 0 Å². The van der Waals surface area contributed by atoms with Gasteiger partial charge in [-0.3, -0.25) is 4.79 Å². The molecule has 2 atom stereocenters. The van der Waals surface area contributed by atoms with Crippen LogP contribution in [0.15, 0.2) is 16.7 Å². The van der Waals surface area contributed by atoms with Gasteiger partial charge in [0.1, 0.15) is 0 Å². The van der Waals surface area contributed by atoms with E-state index in [2.05, 4.69) is 0 Å². The topological polar surface area (TPSA) is 59.5 Å². The van der Waals surface area contributed by atoms with Crippen LogP contribution in [-0.4, -0.2) is 30.4 Å². The zero-order chi connectivity index (χ0) is 12.4. The maximum Gasteiger partial charge on any atom is 0.289 e. The minimum absolute atomic E-state index is 0.0298. The SMILES string of the molecule is Cc1ccoc1C(=O)N(C)C1CCCC1CN. The molecule has 0 spiro atoms. The minimum Gasteiger partial charge on any atom is -0.459 e. The number of hydrogen-bond acceptors (Lipinski definition) is 3. The van der Waals surface area contributed by atoms with Gasteiger partial charge in [-0.25, -0.2) is 0 Å². The highest BCUT2D eigenvalue weighted by Gasteiger charge is 2.33. The van der Waals surface area contributed by atoms with Crippen LogP contribution < -0.4 is 5.73 Å². The van der Waals surface area contributed by atoms with E-state index < -0.39 is 0 Å². The van der Waals surface area contributed by atoms with Crippen molar-refractivity contribution in [2.24, 2.45) is 11.7 Å². The van der Waals surface area contributed by atoms with Gasteiger partial charge in [0.2, 0.25) is 0 Å². The van der Waals surface area contributed by atoms with Crippen molar-refractivity contribution in [2.75, 3.05) is 13.6 Å². The molecule has 94 valence electrons. The fraction of sp³-hybridized carbons (Fsp3) is 0.615. The molecule has 2 rings (SSSR count). The molecule has 4 heteroatoms. The highest BCUT2D eigenvalue weighted by atomic mass is 16.3. The molecule has 1 saturated carbocycles. The average Bonchev–Trinajstić information content (AvgIpc) is 2.95. The van der Waals surface area contributed by atoms with Crippen LogP contribution in [0.2, 0.25) is 0 Å². The van der Waals surface area contributed by atoms with E-state index in [1.165, 1.54) is 0 Å². The van der Waals surface area contributed by atoms with E-state index in [0.717, 1.165) is 24.8 Å². The maximum atomic E-state index is 12.3. The van der Waals surface area contributed by atoms with Crippen molar-refractivity contribution < 1.29 is 9.21 Å². The molecule has 1 aliphatic carbocycles. The number of furan rings is 1. The fourth-order valence-electron chi connectivity index (χ4n) is 2.70. The number of carbonyl (C=O) groups is 1. The molecule has 1 aliphatic rings. The summed E-state index contributed by atoms with van der Waals surface area (Å²) in [6.45, 7) is 2.54. The molecular formula is C13H20N2O2. The van der Waals surface area contributed by atoms with Crippen molar-refractivity contribution in [2.45, 2.75) is 32.2 Å². The Bertz CT molecular complexity index is 400. The van der Waals surface area contributed by atoms with Gasteiger partial charge in [0.25, 0.3) is 5.91 Å².